The van der Waals surface area contributed by atoms with Gasteiger partial charge in [-0.1, -0.05) is 6.07 Å². The van der Waals surface area contributed by atoms with E-state index in [2.05, 4.69) is 5.32 Å². The van der Waals surface area contributed by atoms with E-state index in [9.17, 15) is 9.32 Å². The fourth-order valence-electron chi connectivity index (χ4n) is 1.63. The van der Waals surface area contributed by atoms with Crippen LogP contribution in [0.2, 0.25) is 0 Å². The second kappa shape index (κ2) is 8.43. The molecule has 0 aliphatic carbocycles. The minimum absolute atomic E-state index is 0.252. The first-order chi connectivity index (χ1) is 9.04. The minimum Gasteiger partial charge on any atom is -0.391 e. The fraction of sp³-hybridized carbons (Fsp3) is 0.571. The highest BCUT2D eigenvalue weighted by atomic mass is 32.2. The van der Waals surface area contributed by atoms with Crippen LogP contribution in [-0.4, -0.2) is 48.0 Å². The molecule has 0 saturated carbocycles. The average molecular weight is 285 g/mol. The van der Waals surface area contributed by atoms with Crippen LogP contribution in [0.4, 0.5) is 0 Å². The Kier molecular flexibility index (Phi) is 7.23. The molecule has 0 spiro atoms. The molecule has 0 saturated heterocycles. The number of aryl methyl sites for hydroxylation is 2. The summed E-state index contributed by atoms with van der Waals surface area (Å²) in [6.07, 6.45) is -0.612. The number of ether oxygens (including phenoxy) is 1. The number of aliphatic hydroxyl groups excluding tert-OH is 1. The van der Waals surface area contributed by atoms with E-state index in [1.54, 1.807) is 7.11 Å². The van der Waals surface area contributed by atoms with Crippen molar-refractivity contribution in [3.05, 3.63) is 29.3 Å². The van der Waals surface area contributed by atoms with Crippen molar-refractivity contribution in [1.29, 1.82) is 0 Å². The number of rotatable bonds is 8. The quantitative estimate of drug-likeness (QED) is 0.700. The lowest BCUT2D eigenvalue weighted by molar-refractivity contribution is 0.174. The molecule has 0 bridgehead atoms. The van der Waals surface area contributed by atoms with Crippen LogP contribution >= 0.6 is 0 Å². The maximum atomic E-state index is 12.1. The van der Waals surface area contributed by atoms with Gasteiger partial charge in [0.1, 0.15) is 0 Å². The molecule has 2 unspecified atom stereocenters. The molecule has 5 heteroatoms. The summed E-state index contributed by atoms with van der Waals surface area (Å²) in [7, 11) is 0.471. The van der Waals surface area contributed by atoms with E-state index in [1.165, 1.54) is 5.56 Å². The molecule has 1 aromatic carbocycles. The average Bonchev–Trinajstić information content (AvgIpc) is 2.38. The molecule has 2 atom stereocenters. The summed E-state index contributed by atoms with van der Waals surface area (Å²) < 4.78 is 17.0. The molecule has 0 aliphatic heterocycles. The zero-order chi connectivity index (χ0) is 14.3. The van der Waals surface area contributed by atoms with Gasteiger partial charge in [-0.3, -0.25) is 4.21 Å². The molecule has 0 heterocycles. The number of hydrogen-bond donors (Lipinski definition) is 2. The van der Waals surface area contributed by atoms with E-state index in [0.717, 1.165) is 10.5 Å². The van der Waals surface area contributed by atoms with Gasteiger partial charge in [0.05, 0.1) is 29.3 Å². The number of benzene rings is 1. The van der Waals surface area contributed by atoms with Crippen molar-refractivity contribution in [3.63, 3.8) is 0 Å². The molecule has 0 aromatic heterocycles. The maximum Gasteiger partial charge on any atom is 0.0783 e. The van der Waals surface area contributed by atoms with Crippen molar-refractivity contribution in [2.45, 2.75) is 24.8 Å². The van der Waals surface area contributed by atoms with Crippen LogP contribution in [-0.2, 0) is 15.5 Å². The van der Waals surface area contributed by atoms with Gasteiger partial charge in [0.15, 0.2) is 0 Å². The lowest BCUT2D eigenvalue weighted by Crippen LogP contribution is -2.32. The van der Waals surface area contributed by atoms with Gasteiger partial charge >= 0.3 is 0 Å². The largest absolute Gasteiger partial charge is 0.391 e. The van der Waals surface area contributed by atoms with Gasteiger partial charge in [0.2, 0.25) is 0 Å². The maximum absolute atomic E-state index is 12.1. The van der Waals surface area contributed by atoms with E-state index in [-0.39, 0.29) is 5.75 Å². The molecule has 0 aliphatic rings. The topological polar surface area (TPSA) is 58.6 Å². The van der Waals surface area contributed by atoms with Crippen LogP contribution in [0.5, 0.6) is 0 Å². The Morgan fingerprint density at radius 1 is 1.37 bits per heavy atom. The Balaban J connectivity index is 2.43. The lowest BCUT2D eigenvalue weighted by Gasteiger charge is -2.12. The zero-order valence-electron chi connectivity index (χ0n) is 11.8. The number of hydrogen-bond acceptors (Lipinski definition) is 4. The van der Waals surface area contributed by atoms with Gasteiger partial charge < -0.3 is 15.2 Å². The normalized spacial score (nSPS) is 14.3. The summed E-state index contributed by atoms with van der Waals surface area (Å²) in [6.45, 7) is 5.74. The first-order valence-corrected chi connectivity index (χ1v) is 7.70. The Bertz CT molecular complexity index is 423. The second-order valence-corrected chi connectivity index (χ2v) is 6.10. The predicted octanol–water partition coefficient (Wildman–Crippen LogP) is 1.01. The summed E-state index contributed by atoms with van der Waals surface area (Å²) >= 11 is 0. The fourth-order valence-corrected chi connectivity index (χ4v) is 2.82. The number of aliphatic hydroxyl groups is 1. The second-order valence-electron chi connectivity index (χ2n) is 4.61. The highest BCUT2D eigenvalue weighted by Gasteiger charge is 2.11. The summed E-state index contributed by atoms with van der Waals surface area (Å²) in [5.41, 5.74) is 2.31. The van der Waals surface area contributed by atoms with Crippen LogP contribution < -0.4 is 5.32 Å². The van der Waals surface area contributed by atoms with E-state index < -0.39 is 16.9 Å². The number of methoxy groups -OCH3 is 1. The molecule has 0 radical (unpaired) electrons. The highest BCUT2D eigenvalue weighted by molar-refractivity contribution is 7.85. The molecular weight excluding hydrogens is 262 g/mol. The molecule has 108 valence electrons. The summed E-state index contributed by atoms with van der Waals surface area (Å²) in [4.78, 5) is 0.777. The van der Waals surface area contributed by atoms with Crippen LogP contribution in [0.25, 0.3) is 0 Å². The summed E-state index contributed by atoms with van der Waals surface area (Å²) in [5, 5.41) is 12.9. The van der Waals surface area contributed by atoms with Gasteiger partial charge in [0, 0.05) is 25.1 Å². The third-order valence-electron chi connectivity index (χ3n) is 2.95. The van der Waals surface area contributed by atoms with Crippen LogP contribution in [0.1, 0.15) is 11.1 Å². The van der Waals surface area contributed by atoms with E-state index >= 15 is 0 Å². The van der Waals surface area contributed by atoms with Gasteiger partial charge in [0.25, 0.3) is 0 Å². The predicted molar refractivity (Wildman–Crippen MR) is 77.9 cm³/mol. The van der Waals surface area contributed by atoms with Crippen LogP contribution in [0.15, 0.2) is 23.1 Å². The van der Waals surface area contributed by atoms with Crippen LogP contribution in [0, 0.1) is 13.8 Å². The molecule has 4 nitrogen and oxygen atoms in total. The number of nitrogens with one attached hydrogen (secondary N) is 1. The SMILES string of the molecule is COCCNCC(O)CS(=O)c1ccc(C)c(C)c1. The molecule has 1 aromatic rings. The van der Waals surface area contributed by atoms with Crippen molar-refractivity contribution < 1.29 is 14.1 Å². The van der Waals surface area contributed by atoms with E-state index in [0.29, 0.717) is 19.7 Å². The van der Waals surface area contributed by atoms with E-state index in [4.69, 9.17) is 4.74 Å². The Labute approximate surface area is 117 Å². The van der Waals surface area contributed by atoms with Crippen molar-refractivity contribution >= 4 is 10.8 Å². The minimum atomic E-state index is -1.16. The van der Waals surface area contributed by atoms with Crippen molar-refractivity contribution in [1.82, 2.24) is 5.32 Å². The summed E-state index contributed by atoms with van der Waals surface area (Å²) in [6, 6.07) is 5.76. The Hall–Kier alpha value is -0.750. The van der Waals surface area contributed by atoms with Crippen molar-refractivity contribution in [2.24, 2.45) is 0 Å². The standard InChI is InChI=1S/C14H23NO3S/c1-11-4-5-14(8-12(11)2)19(17)10-13(16)9-15-6-7-18-3/h4-5,8,13,15-16H,6-7,9-10H2,1-3H3. The van der Waals surface area contributed by atoms with Gasteiger partial charge in [-0.15, -0.1) is 0 Å². The molecular formula is C14H23NO3S. The summed E-state index contributed by atoms with van der Waals surface area (Å²) in [5.74, 6) is 0.252. The highest BCUT2D eigenvalue weighted by Crippen LogP contribution is 2.13. The molecule has 2 N–H and O–H groups in total. The van der Waals surface area contributed by atoms with Gasteiger partial charge in [-0.05, 0) is 37.1 Å². The third-order valence-corrected chi connectivity index (χ3v) is 4.42. The monoisotopic (exact) mass is 285 g/mol. The zero-order valence-corrected chi connectivity index (χ0v) is 12.6. The lowest BCUT2D eigenvalue weighted by atomic mass is 10.1. The van der Waals surface area contributed by atoms with Crippen molar-refractivity contribution in [3.8, 4) is 0 Å². The third kappa shape index (κ3) is 5.82. The van der Waals surface area contributed by atoms with Gasteiger partial charge in [-0.25, -0.2) is 0 Å². The first-order valence-electron chi connectivity index (χ1n) is 6.38. The Morgan fingerprint density at radius 2 is 2.11 bits per heavy atom. The van der Waals surface area contributed by atoms with Crippen molar-refractivity contribution in [2.75, 3.05) is 32.6 Å². The van der Waals surface area contributed by atoms with E-state index in [1.807, 2.05) is 32.0 Å². The first kappa shape index (κ1) is 16.3. The molecule has 0 amide bonds. The molecule has 0 fully saturated rings. The Morgan fingerprint density at radius 3 is 2.74 bits per heavy atom. The van der Waals surface area contributed by atoms with Crippen LogP contribution in [0.3, 0.4) is 0 Å². The van der Waals surface area contributed by atoms with Gasteiger partial charge in [-0.2, -0.15) is 0 Å². The smallest absolute Gasteiger partial charge is 0.0783 e. The molecule has 19 heavy (non-hydrogen) atoms. The molecule has 1 rings (SSSR count).